The van der Waals surface area contributed by atoms with E-state index in [2.05, 4.69) is 30.4 Å². The van der Waals surface area contributed by atoms with Crippen LogP contribution in [0.2, 0.25) is 5.02 Å². The smallest absolute Gasteiger partial charge is 0.261 e. The van der Waals surface area contributed by atoms with Crippen LogP contribution in [0.1, 0.15) is 57.1 Å². The number of halogens is 1. The monoisotopic (exact) mass is 506 g/mol. The number of hydrogen-bond acceptors (Lipinski definition) is 4. The molecule has 1 N–H and O–H groups in total. The van der Waals surface area contributed by atoms with Gasteiger partial charge in [0.25, 0.3) is 5.91 Å². The van der Waals surface area contributed by atoms with Gasteiger partial charge < -0.3 is 10.0 Å². The van der Waals surface area contributed by atoms with Gasteiger partial charge in [0.1, 0.15) is 6.07 Å². The van der Waals surface area contributed by atoms with Gasteiger partial charge >= 0.3 is 0 Å². The standard InChI is InChI=1S/C29H35ClN4O2/c1-4-16-33(17-7-6-8-18-35)29(36)25(5-2)11-9-10-23(3)12-13-24-21-32-34(22-24)27-15-14-26(20-31)28(30)19-27/h5,9-10,14-15,19,21-22,35H,2,4,6-8,12-13,16-18H2,1,3H3/b23-10+. The number of hydrogen-bond donors (Lipinski definition) is 1. The second-order valence-corrected chi connectivity index (χ2v) is 8.99. The van der Waals surface area contributed by atoms with E-state index in [1.165, 1.54) is 0 Å². The predicted molar refractivity (Wildman–Crippen MR) is 145 cm³/mol. The zero-order chi connectivity index (χ0) is 26.3. The lowest BCUT2D eigenvalue weighted by Gasteiger charge is -2.22. The Bertz CT molecular complexity index is 1170. The highest BCUT2D eigenvalue weighted by atomic mass is 35.5. The maximum Gasteiger partial charge on any atom is 0.261 e. The van der Waals surface area contributed by atoms with Crippen LogP contribution < -0.4 is 0 Å². The number of rotatable bonds is 14. The number of nitriles is 1. The Kier molecular flexibility index (Phi) is 12.5. The molecule has 6 nitrogen and oxygen atoms in total. The third kappa shape index (κ3) is 9.02. The molecule has 1 heterocycles. The Hall–Kier alpha value is -3.36. The number of aliphatic hydroxyl groups is 1. The van der Waals surface area contributed by atoms with Crippen molar-refractivity contribution >= 4 is 17.5 Å². The molecule has 0 saturated heterocycles. The molecule has 0 aliphatic rings. The minimum absolute atomic E-state index is 0.0616. The summed E-state index contributed by atoms with van der Waals surface area (Å²) in [5, 5.41) is 22.8. The van der Waals surface area contributed by atoms with Crippen LogP contribution in [0.15, 0.2) is 72.3 Å². The summed E-state index contributed by atoms with van der Waals surface area (Å²) in [6.07, 6.45) is 14.1. The van der Waals surface area contributed by atoms with Crippen LogP contribution in [0.4, 0.5) is 0 Å². The van der Waals surface area contributed by atoms with Crippen LogP contribution in [-0.2, 0) is 11.2 Å². The molecule has 0 aliphatic carbocycles. The van der Waals surface area contributed by atoms with Crippen LogP contribution in [0.5, 0.6) is 0 Å². The lowest BCUT2D eigenvalue weighted by Crippen LogP contribution is -2.33. The first-order valence-corrected chi connectivity index (χ1v) is 12.7. The van der Waals surface area contributed by atoms with Crippen molar-refractivity contribution in [2.45, 2.75) is 52.4 Å². The van der Waals surface area contributed by atoms with Gasteiger partial charge in [-0.05, 0) is 81.4 Å². The molecule has 1 aromatic heterocycles. The molecule has 1 aromatic carbocycles. The first-order valence-electron chi connectivity index (χ1n) is 12.3. The lowest BCUT2D eigenvalue weighted by atomic mass is 10.1. The van der Waals surface area contributed by atoms with E-state index in [0.29, 0.717) is 29.2 Å². The molecule has 7 heteroatoms. The molecular formula is C29H35ClN4O2. The van der Waals surface area contributed by atoms with E-state index in [4.69, 9.17) is 22.0 Å². The third-order valence-corrected chi connectivity index (χ3v) is 6.00. The number of benzene rings is 1. The zero-order valence-corrected chi connectivity index (χ0v) is 22.0. The first kappa shape index (κ1) is 28.9. The largest absolute Gasteiger partial charge is 0.396 e. The normalized spacial score (nSPS) is 10.9. The maximum absolute atomic E-state index is 12.9. The Labute approximate surface area is 219 Å². The summed E-state index contributed by atoms with van der Waals surface area (Å²) in [4.78, 5) is 14.8. The summed E-state index contributed by atoms with van der Waals surface area (Å²) in [5.74, 6) is -0.0616. The Morgan fingerprint density at radius 1 is 1.31 bits per heavy atom. The second kappa shape index (κ2) is 15.6. The fraction of sp³-hybridized carbons (Fsp3) is 0.379. The van der Waals surface area contributed by atoms with Gasteiger partial charge in [0.2, 0.25) is 0 Å². The highest BCUT2D eigenvalue weighted by molar-refractivity contribution is 6.31. The number of carbonyl (C=O) groups is 1. The maximum atomic E-state index is 12.9. The predicted octanol–water partition coefficient (Wildman–Crippen LogP) is 5.94. The Morgan fingerprint density at radius 2 is 2.11 bits per heavy atom. The van der Waals surface area contributed by atoms with E-state index in [9.17, 15) is 4.79 Å². The van der Waals surface area contributed by atoms with Crippen molar-refractivity contribution in [2.24, 2.45) is 0 Å². The Morgan fingerprint density at radius 3 is 2.78 bits per heavy atom. The van der Waals surface area contributed by atoms with Crippen molar-refractivity contribution in [1.29, 1.82) is 5.26 Å². The van der Waals surface area contributed by atoms with Gasteiger partial charge in [0.05, 0.1) is 28.0 Å². The number of aromatic nitrogens is 2. The highest BCUT2D eigenvalue weighted by Gasteiger charge is 2.14. The molecular weight excluding hydrogens is 472 g/mol. The van der Waals surface area contributed by atoms with Gasteiger partial charge in [-0.25, -0.2) is 4.68 Å². The van der Waals surface area contributed by atoms with Crippen molar-refractivity contribution in [2.75, 3.05) is 19.7 Å². The van der Waals surface area contributed by atoms with Gasteiger partial charge in [0, 0.05) is 25.9 Å². The molecule has 2 aromatic rings. The minimum Gasteiger partial charge on any atom is -0.396 e. The topological polar surface area (TPSA) is 82.2 Å². The van der Waals surface area contributed by atoms with Crippen LogP contribution in [0.25, 0.3) is 5.69 Å². The number of unbranched alkanes of at least 4 members (excludes halogenated alkanes) is 2. The van der Waals surface area contributed by atoms with Crippen LogP contribution in [0, 0.1) is 11.3 Å². The summed E-state index contributed by atoms with van der Waals surface area (Å²) >= 11 is 6.14. The number of amides is 1. The molecule has 190 valence electrons. The SMILES string of the molecule is C=CC(=C=C/C=C(\C)CCc1cnn(-c2ccc(C#N)c(Cl)c2)c1)C(=O)N(CCC)CCCCCO. The number of aryl methyl sites for hydroxylation is 1. The van der Waals surface area contributed by atoms with E-state index in [0.717, 1.165) is 55.3 Å². The zero-order valence-electron chi connectivity index (χ0n) is 21.2. The molecule has 0 saturated carbocycles. The van der Waals surface area contributed by atoms with Gasteiger partial charge in [-0.3, -0.25) is 4.79 Å². The molecule has 36 heavy (non-hydrogen) atoms. The van der Waals surface area contributed by atoms with E-state index in [-0.39, 0.29) is 12.5 Å². The number of carbonyl (C=O) groups excluding carboxylic acids is 1. The molecule has 0 aliphatic heterocycles. The van der Waals surface area contributed by atoms with Gasteiger partial charge in [0.15, 0.2) is 0 Å². The average Bonchev–Trinajstić information content (AvgIpc) is 3.36. The summed E-state index contributed by atoms with van der Waals surface area (Å²) in [6.45, 7) is 9.43. The summed E-state index contributed by atoms with van der Waals surface area (Å²) in [5.41, 5.74) is 7.03. The van der Waals surface area contributed by atoms with E-state index in [1.807, 2.05) is 36.4 Å². The molecule has 0 atom stereocenters. The van der Waals surface area contributed by atoms with Crippen molar-refractivity contribution in [1.82, 2.24) is 14.7 Å². The second-order valence-electron chi connectivity index (χ2n) is 8.59. The molecule has 2 rings (SSSR count). The van der Waals surface area contributed by atoms with Crippen molar-refractivity contribution < 1.29 is 9.90 Å². The van der Waals surface area contributed by atoms with Gasteiger partial charge in [-0.15, -0.1) is 5.73 Å². The van der Waals surface area contributed by atoms with Crippen LogP contribution in [-0.4, -0.2) is 45.4 Å². The quantitative estimate of drug-likeness (QED) is 0.149. The van der Waals surface area contributed by atoms with Crippen LogP contribution >= 0.6 is 11.6 Å². The molecule has 0 spiro atoms. The number of aliphatic hydroxyl groups excluding tert-OH is 1. The average molecular weight is 507 g/mol. The van der Waals surface area contributed by atoms with Crippen LogP contribution in [0.3, 0.4) is 0 Å². The van der Waals surface area contributed by atoms with E-state index < -0.39 is 0 Å². The van der Waals surface area contributed by atoms with Crippen molar-refractivity contribution in [3.63, 3.8) is 0 Å². The number of allylic oxidation sites excluding steroid dienone is 2. The first-order chi connectivity index (χ1) is 17.4. The fourth-order valence-corrected chi connectivity index (χ4v) is 3.84. The number of nitrogens with zero attached hydrogens (tertiary/aromatic N) is 4. The minimum atomic E-state index is -0.0616. The molecule has 0 fully saturated rings. The highest BCUT2D eigenvalue weighted by Crippen LogP contribution is 2.20. The molecule has 1 amide bonds. The van der Waals surface area contributed by atoms with Crippen molar-refractivity contribution in [3.8, 4) is 11.8 Å². The summed E-state index contributed by atoms with van der Waals surface area (Å²) in [7, 11) is 0. The summed E-state index contributed by atoms with van der Waals surface area (Å²) in [6, 6.07) is 7.29. The van der Waals surface area contributed by atoms with Gasteiger partial charge in [-0.1, -0.05) is 36.8 Å². The molecule has 0 unspecified atom stereocenters. The van der Waals surface area contributed by atoms with E-state index >= 15 is 0 Å². The lowest BCUT2D eigenvalue weighted by molar-refractivity contribution is -0.126. The third-order valence-electron chi connectivity index (χ3n) is 5.69. The van der Waals surface area contributed by atoms with Gasteiger partial charge in [-0.2, -0.15) is 10.4 Å². The van der Waals surface area contributed by atoms with E-state index in [1.54, 1.807) is 29.0 Å². The summed E-state index contributed by atoms with van der Waals surface area (Å²) < 4.78 is 1.75. The molecule has 0 radical (unpaired) electrons. The fourth-order valence-electron chi connectivity index (χ4n) is 3.62. The Balaban J connectivity index is 2.00. The van der Waals surface area contributed by atoms with Crippen molar-refractivity contribution in [3.05, 3.63) is 88.4 Å². The molecule has 0 bridgehead atoms.